The second kappa shape index (κ2) is 6.07. The molecular formula is C14H21NO3. The Hall–Kier alpha value is -1.26. The van der Waals surface area contributed by atoms with Crippen LogP contribution in [0.2, 0.25) is 0 Å². The first-order chi connectivity index (χ1) is 8.74. The average molecular weight is 251 g/mol. The number of hydrogen-bond donors (Lipinski definition) is 3. The summed E-state index contributed by atoms with van der Waals surface area (Å²) < 4.78 is 5.01. The summed E-state index contributed by atoms with van der Waals surface area (Å²) in [7, 11) is 1.54. The Kier molecular flexibility index (Phi) is 4.44. The van der Waals surface area contributed by atoms with E-state index in [9.17, 15) is 10.2 Å². The highest BCUT2D eigenvalue weighted by Crippen LogP contribution is 2.28. The van der Waals surface area contributed by atoms with E-state index >= 15 is 0 Å². The van der Waals surface area contributed by atoms with Crippen LogP contribution in [0.4, 0.5) is 0 Å². The van der Waals surface area contributed by atoms with Gasteiger partial charge in [-0.2, -0.15) is 0 Å². The fourth-order valence-electron chi connectivity index (χ4n) is 2.62. The monoisotopic (exact) mass is 251 g/mol. The maximum atomic E-state index is 9.69. The molecule has 2 atom stereocenters. The van der Waals surface area contributed by atoms with E-state index in [1.807, 2.05) is 6.07 Å². The number of aliphatic hydroxyl groups excluding tert-OH is 1. The van der Waals surface area contributed by atoms with Gasteiger partial charge in [0.05, 0.1) is 7.11 Å². The Labute approximate surface area is 108 Å². The molecule has 0 aromatic heterocycles. The largest absolute Gasteiger partial charge is 0.504 e. The first-order valence-electron chi connectivity index (χ1n) is 6.44. The molecule has 1 aromatic rings. The van der Waals surface area contributed by atoms with Crippen molar-refractivity contribution in [2.45, 2.75) is 31.8 Å². The molecule has 2 unspecified atom stereocenters. The second-order valence-corrected chi connectivity index (χ2v) is 4.87. The van der Waals surface area contributed by atoms with Crippen LogP contribution in [-0.4, -0.2) is 30.0 Å². The number of nitrogens with one attached hydrogen (secondary N) is 1. The summed E-state index contributed by atoms with van der Waals surface area (Å²) >= 11 is 0. The maximum Gasteiger partial charge on any atom is 0.160 e. The van der Waals surface area contributed by atoms with E-state index in [2.05, 4.69) is 5.32 Å². The van der Waals surface area contributed by atoms with Gasteiger partial charge in [-0.3, -0.25) is 0 Å². The van der Waals surface area contributed by atoms with E-state index in [4.69, 9.17) is 4.74 Å². The van der Waals surface area contributed by atoms with Gasteiger partial charge in [0.25, 0.3) is 0 Å². The lowest BCUT2D eigenvalue weighted by Gasteiger charge is -2.19. The third-order valence-electron chi connectivity index (χ3n) is 3.71. The van der Waals surface area contributed by atoms with Crippen LogP contribution in [-0.2, 0) is 6.54 Å². The van der Waals surface area contributed by atoms with Gasteiger partial charge in [0, 0.05) is 19.2 Å². The molecule has 1 aliphatic carbocycles. The first-order valence-corrected chi connectivity index (χ1v) is 6.44. The van der Waals surface area contributed by atoms with Crippen molar-refractivity contribution >= 4 is 0 Å². The van der Waals surface area contributed by atoms with E-state index in [1.54, 1.807) is 12.1 Å². The summed E-state index contributed by atoms with van der Waals surface area (Å²) in [6.07, 6.45) is 3.39. The number of ether oxygens (including phenoxy) is 1. The molecule has 0 aliphatic heterocycles. The van der Waals surface area contributed by atoms with E-state index in [1.165, 1.54) is 13.5 Å². The topological polar surface area (TPSA) is 61.7 Å². The van der Waals surface area contributed by atoms with E-state index < -0.39 is 0 Å². The quantitative estimate of drug-likeness (QED) is 0.744. The van der Waals surface area contributed by atoms with Crippen LogP contribution in [0.1, 0.15) is 24.8 Å². The minimum Gasteiger partial charge on any atom is -0.504 e. The number of benzene rings is 1. The summed E-state index contributed by atoms with van der Waals surface area (Å²) in [4.78, 5) is 0. The Balaban J connectivity index is 1.92. The molecule has 0 spiro atoms. The number of phenols is 1. The normalized spacial score (nSPS) is 23.2. The highest BCUT2D eigenvalue weighted by Gasteiger charge is 2.25. The van der Waals surface area contributed by atoms with Gasteiger partial charge in [-0.05, 0) is 36.5 Å². The number of methoxy groups -OCH3 is 1. The molecular weight excluding hydrogens is 230 g/mol. The first kappa shape index (κ1) is 13.2. The van der Waals surface area contributed by atoms with E-state index in [0.717, 1.165) is 18.4 Å². The molecule has 4 heteroatoms. The summed E-state index contributed by atoms with van der Waals surface area (Å²) in [5.41, 5.74) is 1.02. The van der Waals surface area contributed by atoms with Crippen LogP contribution in [0.5, 0.6) is 11.5 Å². The highest BCUT2D eigenvalue weighted by molar-refractivity contribution is 5.41. The number of phenolic OH excluding ortho intramolecular Hbond substituents is 1. The van der Waals surface area contributed by atoms with Crippen molar-refractivity contribution in [3.8, 4) is 11.5 Å². The van der Waals surface area contributed by atoms with Gasteiger partial charge < -0.3 is 20.3 Å². The zero-order valence-corrected chi connectivity index (χ0v) is 10.7. The zero-order valence-electron chi connectivity index (χ0n) is 10.7. The van der Waals surface area contributed by atoms with Crippen molar-refractivity contribution in [2.24, 2.45) is 5.92 Å². The minimum absolute atomic E-state index is 0.168. The van der Waals surface area contributed by atoms with Gasteiger partial charge in [-0.1, -0.05) is 12.5 Å². The molecule has 0 saturated heterocycles. The van der Waals surface area contributed by atoms with E-state index in [-0.39, 0.29) is 12.4 Å². The Morgan fingerprint density at radius 1 is 1.39 bits per heavy atom. The van der Waals surface area contributed by atoms with Gasteiger partial charge >= 0.3 is 0 Å². The molecule has 3 N–H and O–H groups in total. The third kappa shape index (κ3) is 2.94. The fourth-order valence-corrected chi connectivity index (χ4v) is 2.62. The van der Waals surface area contributed by atoms with Crippen molar-refractivity contribution in [1.82, 2.24) is 5.32 Å². The molecule has 0 radical (unpaired) electrons. The lowest BCUT2D eigenvalue weighted by Crippen LogP contribution is -2.33. The molecule has 0 bridgehead atoms. The number of hydrogen-bond acceptors (Lipinski definition) is 4. The van der Waals surface area contributed by atoms with Crippen LogP contribution >= 0.6 is 0 Å². The van der Waals surface area contributed by atoms with Gasteiger partial charge in [-0.25, -0.2) is 0 Å². The van der Waals surface area contributed by atoms with Crippen molar-refractivity contribution < 1.29 is 14.9 Å². The SMILES string of the molecule is COc1ccc(CNC2CCCC2CO)cc1O. The minimum atomic E-state index is 0.168. The second-order valence-electron chi connectivity index (χ2n) is 4.87. The van der Waals surface area contributed by atoms with Crippen LogP contribution in [0, 0.1) is 5.92 Å². The summed E-state index contributed by atoms with van der Waals surface area (Å²) in [5.74, 6) is 1.03. The average Bonchev–Trinajstić information content (AvgIpc) is 2.84. The molecule has 100 valence electrons. The van der Waals surface area contributed by atoms with Crippen molar-refractivity contribution in [3.05, 3.63) is 23.8 Å². The molecule has 2 rings (SSSR count). The molecule has 1 fully saturated rings. The Morgan fingerprint density at radius 2 is 2.22 bits per heavy atom. The predicted molar refractivity (Wildman–Crippen MR) is 69.7 cm³/mol. The van der Waals surface area contributed by atoms with Crippen LogP contribution in [0.25, 0.3) is 0 Å². The molecule has 18 heavy (non-hydrogen) atoms. The Bertz CT molecular complexity index is 395. The van der Waals surface area contributed by atoms with Gasteiger partial charge in [-0.15, -0.1) is 0 Å². The lowest BCUT2D eigenvalue weighted by molar-refractivity contribution is 0.205. The van der Waals surface area contributed by atoms with Crippen molar-refractivity contribution in [1.29, 1.82) is 0 Å². The zero-order chi connectivity index (χ0) is 13.0. The maximum absolute atomic E-state index is 9.69. The number of aliphatic hydroxyl groups is 1. The molecule has 0 heterocycles. The number of aromatic hydroxyl groups is 1. The summed E-state index contributed by atoms with van der Waals surface area (Å²) in [6, 6.07) is 5.81. The summed E-state index contributed by atoms with van der Waals surface area (Å²) in [6.45, 7) is 0.963. The van der Waals surface area contributed by atoms with Crippen LogP contribution < -0.4 is 10.1 Å². The van der Waals surface area contributed by atoms with Crippen LogP contribution in [0.15, 0.2) is 18.2 Å². The lowest BCUT2D eigenvalue weighted by atomic mass is 10.0. The summed E-state index contributed by atoms with van der Waals surface area (Å²) in [5, 5.41) is 22.4. The standard InChI is InChI=1S/C14H21NO3/c1-18-14-6-5-10(7-13(14)17)8-15-12-4-2-3-11(12)9-16/h5-7,11-12,15-17H,2-4,8-9H2,1H3. The molecule has 1 saturated carbocycles. The van der Waals surface area contributed by atoms with Crippen LogP contribution in [0.3, 0.4) is 0 Å². The third-order valence-corrected chi connectivity index (χ3v) is 3.71. The van der Waals surface area contributed by atoms with Gasteiger partial charge in [0.15, 0.2) is 11.5 Å². The molecule has 4 nitrogen and oxygen atoms in total. The fraction of sp³-hybridized carbons (Fsp3) is 0.571. The number of rotatable bonds is 5. The molecule has 1 aliphatic rings. The van der Waals surface area contributed by atoms with Gasteiger partial charge in [0.2, 0.25) is 0 Å². The smallest absolute Gasteiger partial charge is 0.160 e. The van der Waals surface area contributed by atoms with Crippen molar-refractivity contribution in [3.63, 3.8) is 0 Å². The molecule has 1 aromatic carbocycles. The molecule has 0 amide bonds. The highest BCUT2D eigenvalue weighted by atomic mass is 16.5. The van der Waals surface area contributed by atoms with E-state index in [0.29, 0.717) is 24.3 Å². The Morgan fingerprint density at radius 3 is 2.89 bits per heavy atom. The predicted octanol–water partition coefficient (Wildman–Crippen LogP) is 1.65. The van der Waals surface area contributed by atoms with Crippen molar-refractivity contribution in [2.75, 3.05) is 13.7 Å². The van der Waals surface area contributed by atoms with Gasteiger partial charge in [0.1, 0.15) is 0 Å².